The van der Waals surface area contributed by atoms with Gasteiger partial charge in [-0.1, -0.05) is 12.1 Å². The van der Waals surface area contributed by atoms with E-state index in [2.05, 4.69) is 9.71 Å². The van der Waals surface area contributed by atoms with Gasteiger partial charge in [-0.2, -0.15) is 0 Å². The van der Waals surface area contributed by atoms with Crippen LogP contribution in [0.4, 0.5) is 4.39 Å². The Kier molecular flexibility index (Phi) is 9.15. The zero-order chi connectivity index (χ0) is 29.0. The summed E-state index contributed by atoms with van der Waals surface area (Å²) in [5, 5.41) is 10.0. The van der Waals surface area contributed by atoms with Crippen LogP contribution in [0, 0.1) is 12.7 Å². The number of furan rings is 1. The van der Waals surface area contributed by atoms with Crippen molar-refractivity contribution < 1.29 is 32.7 Å². The van der Waals surface area contributed by atoms with Gasteiger partial charge < -0.3 is 23.6 Å². The minimum absolute atomic E-state index is 0.0116. The number of hydrogen-bond acceptors (Lipinski definition) is 7. The molecule has 0 unspecified atom stereocenters. The van der Waals surface area contributed by atoms with Crippen LogP contribution in [-0.4, -0.2) is 32.5 Å². The first-order valence-corrected chi connectivity index (χ1v) is 13.9. The summed E-state index contributed by atoms with van der Waals surface area (Å²) in [5.41, 5.74) is 3.64. The molecule has 0 aliphatic carbocycles. The fourth-order valence-corrected chi connectivity index (χ4v) is 4.90. The molecule has 0 bridgehead atoms. The Morgan fingerprint density at radius 1 is 1.15 bits per heavy atom. The summed E-state index contributed by atoms with van der Waals surface area (Å²) in [4.78, 5) is 15.5. The number of carbonyl (C=O) groups is 1. The van der Waals surface area contributed by atoms with Crippen molar-refractivity contribution in [3.8, 4) is 16.9 Å². The van der Waals surface area contributed by atoms with Crippen molar-refractivity contribution in [2.75, 3.05) is 7.11 Å². The van der Waals surface area contributed by atoms with E-state index in [4.69, 9.17) is 13.9 Å². The van der Waals surface area contributed by atoms with Crippen LogP contribution in [0.25, 0.3) is 22.1 Å². The number of methoxy groups -OCH3 is 1. The third-order valence-corrected chi connectivity index (χ3v) is 7.67. The van der Waals surface area contributed by atoms with Crippen molar-refractivity contribution in [1.29, 1.82) is 0 Å². The van der Waals surface area contributed by atoms with Gasteiger partial charge in [-0.15, -0.1) is 4.72 Å². The summed E-state index contributed by atoms with van der Waals surface area (Å²) in [6, 6.07) is 12.5. The average Bonchev–Trinajstić information content (AvgIpc) is 3.29. The van der Waals surface area contributed by atoms with Gasteiger partial charge in [-0.05, 0) is 69.2 Å². The number of halogens is 1. The van der Waals surface area contributed by atoms with Crippen molar-refractivity contribution in [1.82, 2.24) is 9.71 Å². The number of hydrogen-bond donors (Lipinski definition) is 2. The quantitative estimate of drug-likeness (QED) is 0.217. The third kappa shape index (κ3) is 7.00. The Hall–Kier alpha value is -3.44. The number of aromatic nitrogens is 1. The zero-order valence-electron chi connectivity index (χ0n) is 23.2. The molecule has 0 radical (unpaired) electrons. The maximum atomic E-state index is 15.8. The maximum Gasteiger partial charge on any atom is 0.307 e. The number of aliphatic carboxylic acids is 1. The van der Waals surface area contributed by atoms with E-state index < -0.39 is 27.9 Å². The molecule has 10 heteroatoms. The lowest BCUT2D eigenvalue weighted by molar-refractivity contribution is -0.136. The Morgan fingerprint density at radius 3 is 2.62 bits per heavy atom. The molecule has 0 saturated heterocycles. The molecule has 0 aliphatic heterocycles. The molecule has 8 nitrogen and oxygen atoms in total. The molecule has 40 heavy (non-hydrogen) atoms. The molecule has 2 aromatic carbocycles. The lowest BCUT2D eigenvalue weighted by atomic mass is 10.00. The standard InChI is InChI=1S/C30H33FN2O6S/c1-18-6-7-20(14-27(34)35)26(10-18)38-16-19-11-21-13-22(17-37-5)39-29(21)24(12-19)23-8-9-32-25(28(23)31)15-33-40(36)30(2,3)4/h6-13,33H,14-17H2,1-5H3,(H,34,35)/t40-/m0/s1. The first-order chi connectivity index (χ1) is 19.0. The number of benzene rings is 2. The van der Waals surface area contributed by atoms with Gasteiger partial charge in [0.25, 0.3) is 0 Å². The van der Waals surface area contributed by atoms with Crippen molar-refractivity contribution in [3.05, 3.63) is 82.6 Å². The van der Waals surface area contributed by atoms with E-state index in [9.17, 15) is 14.5 Å². The second kappa shape index (κ2) is 12.4. The number of ether oxygens (including phenoxy) is 2. The normalized spacial score (nSPS) is 12.6. The molecule has 2 heterocycles. The van der Waals surface area contributed by atoms with Crippen molar-refractivity contribution in [2.24, 2.45) is 0 Å². The van der Waals surface area contributed by atoms with E-state index in [0.717, 1.165) is 16.5 Å². The van der Waals surface area contributed by atoms with Crippen molar-refractivity contribution in [3.63, 3.8) is 0 Å². The van der Waals surface area contributed by atoms with E-state index in [1.54, 1.807) is 31.4 Å². The number of nitrogens with one attached hydrogen (secondary N) is 1. The molecule has 0 fully saturated rings. The summed E-state index contributed by atoms with van der Waals surface area (Å²) in [7, 11) is 1.56. The lowest BCUT2D eigenvalue weighted by Gasteiger charge is -2.23. The summed E-state index contributed by atoms with van der Waals surface area (Å²) in [5.74, 6) is -0.443. The Morgan fingerprint density at radius 2 is 1.93 bits per heavy atom. The first-order valence-electron chi connectivity index (χ1n) is 12.7. The van der Waals surface area contributed by atoms with Crippen molar-refractivity contribution in [2.45, 2.75) is 58.6 Å². The van der Waals surface area contributed by atoms with Gasteiger partial charge in [-0.3, -0.25) is 9.78 Å². The lowest BCUT2D eigenvalue weighted by Crippen LogP contribution is -2.39. The van der Waals surface area contributed by atoms with Gasteiger partial charge in [-0.25, -0.2) is 4.39 Å². The molecule has 212 valence electrons. The number of rotatable bonds is 11. The highest BCUT2D eigenvalue weighted by Gasteiger charge is 2.27. The van der Waals surface area contributed by atoms with E-state index in [0.29, 0.717) is 28.2 Å². The predicted octanol–water partition coefficient (Wildman–Crippen LogP) is 5.85. The van der Waals surface area contributed by atoms with Gasteiger partial charge in [0.15, 0.2) is 5.82 Å². The fourth-order valence-electron chi connectivity index (χ4n) is 4.20. The number of fused-ring (bicyclic) bond motifs is 1. The van der Waals surface area contributed by atoms with Crippen LogP contribution in [-0.2, 0) is 47.1 Å². The molecular formula is C30H33FN2O6S. The molecule has 4 aromatic rings. The van der Waals surface area contributed by atoms with Crippen LogP contribution in [0.1, 0.15) is 48.9 Å². The van der Waals surface area contributed by atoms with Crippen LogP contribution in [0.2, 0.25) is 0 Å². The van der Waals surface area contributed by atoms with E-state index >= 15 is 4.39 Å². The van der Waals surface area contributed by atoms with Crippen LogP contribution < -0.4 is 9.46 Å². The number of aryl methyl sites for hydroxylation is 1. The minimum atomic E-state index is -1.39. The Bertz CT molecular complexity index is 1510. The van der Waals surface area contributed by atoms with Gasteiger partial charge in [0.1, 0.15) is 35.1 Å². The van der Waals surface area contributed by atoms with Gasteiger partial charge in [0.2, 0.25) is 0 Å². The fraction of sp³-hybridized carbons (Fsp3) is 0.333. The maximum absolute atomic E-state index is 15.8. The van der Waals surface area contributed by atoms with Crippen LogP contribution in [0.3, 0.4) is 0 Å². The second-order valence-corrected chi connectivity index (χ2v) is 12.6. The molecule has 1 atom stereocenters. The monoisotopic (exact) mass is 568 g/mol. The third-order valence-electron chi connectivity index (χ3n) is 6.15. The first kappa shape index (κ1) is 29.5. The highest BCUT2D eigenvalue weighted by molar-refractivity contribution is 7.90. The second-order valence-electron chi connectivity index (χ2n) is 10.5. The molecular weight excluding hydrogens is 535 g/mol. The molecule has 0 saturated carbocycles. The topological polar surface area (TPSA) is 117 Å². The Balaban J connectivity index is 1.72. The van der Waals surface area contributed by atoms with Crippen LogP contribution >= 0.6 is 0 Å². The number of pyridine rings is 1. The smallest absolute Gasteiger partial charge is 0.307 e. The molecule has 0 aliphatic rings. The number of nitrogens with zero attached hydrogens (tertiary/aromatic N) is 1. The summed E-state index contributed by atoms with van der Waals surface area (Å²) >= 11 is -1.39. The molecule has 2 aromatic heterocycles. The average molecular weight is 569 g/mol. The summed E-state index contributed by atoms with van der Waals surface area (Å²) in [6.07, 6.45) is 1.34. The summed E-state index contributed by atoms with van der Waals surface area (Å²) in [6.45, 7) is 7.75. The zero-order valence-corrected chi connectivity index (χ0v) is 24.0. The molecule has 2 N–H and O–H groups in total. The van der Waals surface area contributed by atoms with Crippen molar-refractivity contribution >= 4 is 28.3 Å². The largest absolute Gasteiger partial charge is 0.598 e. The van der Waals surface area contributed by atoms with Gasteiger partial charge in [0, 0.05) is 46.7 Å². The van der Waals surface area contributed by atoms with E-state index in [-0.39, 0.29) is 37.4 Å². The van der Waals surface area contributed by atoms with E-state index in [1.807, 2.05) is 45.9 Å². The minimum Gasteiger partial charge on any atom is -0.598 e. The van der Waals surface area contributed by atoms with Crippen LogP contribution in [0.5, 0.6) is 5.75 Å². The molecule has 0 spiro atoms. The molecule has 0 amide bonds. The summed E-state index contributed by atoms with van der Waals surface area (Å²) < 4.78 is 48.0. The molecule has 4 rings (SSSR count). The van der Waals surface area contributed by atoms with E-state index in [1.165, 1.54) is 6.20 Å². The SMILES string of the molecule is COCc1cc2cc(COc3cc(C)ccc3CC(=O)O)cc(-c3ccnc(CN[S@@+]([O-])C(C)(C)C)c3F)c2o1. The van der Waals surface area contributed by atoms with Crippen LogP contribution in [0.15, 0.2) is 53.1 Å². The highest BCUT2D eigenvalue weighted by atomic mass is 32.2. The highest BCUT2D eigenvalue weighted by Crippen LogP contribution is 2.35. The number of carboxylic acid groups (broad SMARTS) is 1. The van der Waals surface area contributed by atoms with Gasteiger partial charge >= 0.3 is 5.97 Å². The number of carboxylic acids is 1. The predicted molar refractivity (Wildman–Crippen MR) is 152 cm³/mol. The Labute approximate surface area is 235 Å². The van der Waals surface area contributed by atoms with Gasteiger partial charge in [0.05, 0.1) is 18.7 Å².